The van der Waals surface area contributed by atoms with Gasteiger partial charge in [0.1, 0.15) is 17.0 Å². The molecule has 2 aromatic heterocycles. The maximum Gasteiger partial charge on any atom is 0.250 e. The van der Waals surface area contributed by atoms with E-state index < -0.39 is 5.91 Å². The Bertz CT molecular complexity index is 1950. The summed E-state index contributed by atoms with van der Waals surface area (Å²) in [5.41, 5.74) is 5.78. The number of halogens is 2. The van der Waals surface area contributed by atoms with Gasteiger partial charge in [0.2, 0.25) is 11.8 Å². The van der Waals surface area contributed by atoms with Crippen LogP contribution >= 0.6 is 35.4 Å². The normalized spacial score (nSPS) is 11.2. The summed E-state index contributed by atoms with van der Waals surface area (Å²) in [6.45, 7) is 0. The van der Waals surface area contributed by atoms with Crippen LogP contribution in [0.5, 0.6) is 0 Å². The second-order valence-corrected chi connectivity index (χ2v) is 10.5. The van der Waals surface area contributed by atoms with Gasteiger partial charge in [0.05, 0.1) is 5.02 Å². The highest BCUT2D eigenvalue weighted by Crippen LogP contribution is 2.32. The van der Waals surface area contributed by atoms with E-state index in [4.69, 9.17) is 44.3 Å². The van der Waals surface area contributed by atoms with E-state index in [-0.39, 0.29) is 5.11 Å². The first-order chi connectivity index (χ1) is 20.4. The van der Waals surface area contributed by atoms with Crippen LogP contribution in [-0.2, 0) is 4.79 Å². The summed E-state index contributed by atoms with van der Waals surface area (Å²) < 4.78 is 11.8. The Morgan fingerprint density at radius 3 is 2.36 bits per heavy atom. The van der Waals surface area contributed by atoms with Crippen LogP contribution in [0.15, 0.2) is 118 Å². The number of furan rings is 1. The van der Waals surface area contributed by atoms with Gasteiger partial charge in [-0.05, 0) is 90.1 Å². The fourth-order valence-electron chi connectivity index (χ4n) is 4.31. The van der Waals surface area contributed by atoms with Crippen LogP contribution in [-0.4, -0.2) is 16.0 Å². The first-order valence-corrected chi connectivity index (χ1v) is 14.0. The van der Waals surface area contributed by atoms with Crippen LogP contribution in [0.4, 0.5) is 5.69 Å². The van der Waals surface area contributed by atoms with Gasteiger partial charge in [0.25, 0.3) is 0 Å². The molecule has 0 fully saturated rings. The second-order valence-electron chi connectivity index (χ2n) is 9.25. The molecule has 42 heavy (non-hydrogen) atoms. The van der Waals surface area contributed by atoms with Crippen LogP contribution in [0, 0.1) is 0 Å². The molecule has 1 amide bonds. The summed E-state index contributed by atoms with van der Waals surface area (Å²) in [5, 5.41) is 6.78. The summed E-state index contributed by atoms with van der Waals surface area (Å²) in [4.78, 5) is 17.1. The number of carbonyl (C=O) groups excluding carboxylic acids is 1. The summed E-state index contributed by atoms with van der Waals surface area (Å²) in [6, 6.07) is 32.3. The lowest BCUT2D eigenvalue weighted by Gasteiger charge is -2.07. The highest BCUT2D eigenvalue weighted by atomic mass is 35.5. The lowest BCUT2D eigenvalue weighted by atomic mass is 10.0. The Hall–Kier alpha value is -4.69. The van der Waals surface area contributed by atoms with Gasteiger partial charge in [0, 0.05) is 27.9 Å². The molecule has 6 nitrogen and oxygen atoms in total. The Morgan fingerprint density at radius 2 is 1.57 bits per heavy atom. The smallest absolute Gasteiger partial charge is 0.250 e. The molecule has 0 atom stereocenters. The highest BCUT2D eigenvalue weighted by molar-refractivity contribution is 7.80. The molecule has 0 saturated heterocycles. The number of fused-ring (bicyclic) bond motifs is 1. The van der Waals surface area contributed by atoms with E-state index in [0.29, 0.717) is 49.8 Å². The predicted octanol–water partition coefficient (Wildman–Crippen LogP) is 9.25. The fraction of sp³-hybridized carbons (Fsp3) is 0. The van der Waals surface area contributed by atoms with Crippen molar-refractivity contribution >= 4 is 69.3 Å². The van der Waals surface area contributed by atoms with E-state index in [1.54, 1.807) is 54.6 Å². The van der Waals surface area contributed by atoms with Gasteiger partial charge < -0.3 is 14.2 Å². The standard InChI is InChI=1S/C33H21Cl2N3O3S/c34-23-10-14-26(27(35)18-23)29-16-12-25(40-29)13-17-31(39)38-33(42)36-24-11-15-30-28(19-24)37-32(41-30)22-8-6-21(7-9-22)20-4-2-1-3-5-20/h1-19H,(H2,36,38,39,42)/b17-13+. The molecule has 4 aromatic carbocycles. The van der Waals surface area contributed by atoms with Crippen molar-refractivity contribution in [1.29, 1.82) is 0 Å². The van der Waals surface area contributed by atoms with E-state index in [1.807, 2.05) is 42.5 Å². The molecule has 2 N–H and O–H groups in total. The number of carbonyl (C=O) groups is 1. The maximum atomic E-state index is 12.4. The molecule has 6 rings (SSSR count). The number of benzene rings is 4. The zero-order chi connectivity index (χ0) is 29.1. The Balaban J connectivity index is 1.07. The summed E-state index contributed by atoms with van der Waals surface area (Å²) >= 11 is 17.5. The number of rotatable bonds is 6. The number of thiocarbonyl (C=S) groups is 1. The van der Waals surface area contributed by atoms with Crippen molar-refractivity contribution in [3.63, 3.8) is 0 Å². The third-order valence-corrected chi connectivity index (χ3v) is 7.10. The van der Waals surface area contributed by atoms with Gasteiger partial charge in [-0.3, -0.25) is 10.1 Å². The van der Waals surface area contributed by atoms with E-state index in [0.717, 1.165) is 16.7 Å². The van der Waals surface area contributed by atoms with Crippen LogP contribution in [0.2, 0.25) is 10.0 Å². The number of oxazole rings is 1. The molecule has 0 bridgehead atoms. The zero-order valence-electron chi connectivity index (χ0n) is 21.8. The lowest BCUT2D eigenvalue weighted by Crippen LogP contribution is -2.32. The van der Waals surface area contributed by atoms with Crippen molar-refractivity contribution in [3.8, 4) is 33.9 Å². The quantitative estimate of drug-likeness (QED) is 0.145. The monoisotopic (exact) mass is 609 g/mol. The molecule has 0 spiro atoms. The minimum atomic E-state index is -0.418. The van der Waals surface area contributed by atoms with Gasteiger partial charge in [-0.2, -0.15) is 0 Å². The van der Waals surface area contributed by atoms with Crippen molar-refractivity contribution in [2.75, 3.05) is 5.32 Å². The first kappa shape index (κ1) is 27.5. The number of nitrogens with one attached hydrogen (secondary N) is 2. The first-order valence-electron chi connectivity index (χ1n) is 12.8. The third kappa shape index (κ3) is 6.29. The minimum absolute atomic E-state index is 0.136. The lowest BCUT2D eigenvalue weighted by molar-refractivity contribution is -0.115. The Kier molecular flexibility index (Phi) is 7.88. The Labute approximate surface area is 256 Å². The van der Waals surface area contributed by atoms with E-state index in [2.05, 4.69) is 27.8 Å². The molecule has 0 aliphatic heterocycles. The number of aromatic nitrogens is 1. The highest BCUT2D eigenvalue weighted by Gasteiger charge is 2.11. The van der Waals surface area contributed by atoms with Crippen LogP contribution < -0.4 is 10.6 Å². The van der Waals surface area contributed by atoms with Gasteiger partial charge >= 0.3 is 0 Å². The van der Waals surface area contributed by atoms with Gasteiger partial charge in [-0.1, -0.05) is 65.7 Å². The molecule has 0 aliphatic carbocycles. The molecule has 9 heteroatoms. The van der Waals surface area contributed by atoms with Crippen molar-refractivity contribution < 1.29 is 13.6 Å². The largest absolute Gasteiger partial charge is 0.457 e. The van der Waals surface area contributed by atoms with Crippen LogP contribution in [0.1, 0.15) is 5.76 Å². The van der Waals surface area contributed by atoms with Gasteiger partial charge in [-0.15, -0.1) is 0 Å². The number of hydrogen-bond donors (Lipinski definition) is 2. The second kappa shape index (κ2) is 12.0. The molecular weight excluding hydrogens is 589 g/mol. The van der Waals surface area contributed by atoms with Gasteiger partial charge in [-0.25, -0.2) is 4.98 Å². The van der Waals surface area contributed by atoms with Crippen LogP contribution in [0.3, 0.4) is 0 Å². The predicted molar refractivity (Wildman–Crippen MR) is 172 cm³/mol. The van der Waals surface area contributed by atoms with Crippen molar-refractivity contribution in [1.82, 2.24) is 10.3 Å². The number of nitrogens with zero attached hydrogens (tertiary/aromatic N) is 1. The number of amides is 1. The molecular formula is C33H21Cl2N3O3S. The van der Waals surface area contributed by atoms with Crippen molar-refractivity contribution in [3.05, 3.63) is 125 Å². The van der Waals surface area contributed by atoms with E-state index in [9.17, 15) is 4.79 Å². The summed E-state index contributed by atoms with van der Waals surface area (Å²) in [7, 11) is 0. The van der Waals surface area contributed by atoms with E-state index >= 15 is 0 Å². The molecule has 6 aromatic rings. The molecule has 0 unspecified atom stereocenters. The average Bonchev–Trinajstić information content (AvgIpc) is 3.64. The number of anilines is 1. The summed E-state index contributed by atoms with van der Waals surface area (Å²) in [5.74, 6) is 1.14. The minimum Gasteiger partial charge on any atom is -0.457 e. The third-order valence-electron chi connectivity index (χ3n) is 6.34. The van der Waals surface area contributed by atoms with Crippen molar-refractivity contribution in [2.45, 2.75) is 0 Å². The summed E-state index contributed by atoms with van der Waals surface area (Å²) in [6.07, 6.45) is 2.87. The fourth-order valence-corrected chi connectivity index (χ4v) is 5.03. The van der Waals surface area contributed by atoms with Gasteiger partial charge in [0.15, 0.2) is 10.7 Å². The SMILES string of the molecule is O=C(/C=C/c1ccc(-c2ccc(Cl)cc2Cl)o1)NC(=S)Nc1ccc2oc(-c3ccc(-c4ccccc4)cc3)nc2c1. The molecule has 206 valence electrons. The molecule has 0 aliphatic rings. The molecule has 0 radical (unpaired) electrons. The molecule has 2 heterocycles. The van der Waals surface area contributed by atoms with Crippen LogP contribution in [0.25, 0.3) is 51.1 Å². The molecule has 0 saturated carbocycles. The topological polar surface area (TPSA) is 80.3 Å². The maximum absolute atomic E-state index is 12.4. The average molecular weight is 611 g/mol. The number of hydrogen-bond acceptors (Lipinski definition) is 5. The van der Waals surface area contributed by atoms with Crippen molar-refractivity contribution in [2.24, 2.45) is 0 Å². The Morgan fingerprint density at radius 1 is 0.810 bits per heavy atom. The zero-order valence-corrected chi connectivity index (χ0v) is 24.1. The van der Waals surface area contributed by atoms with E-state index in [1.165, 1.54) is 6.08 Å².